The molecule has 0 fully saturated rings. The normalized spacial score (nSPS) is 13.7. The van der Waals surface area contributed by atoms with Crippen molar-refractivity contribution < 1.29 is 4.39 Å². The van der Waals surface area contributed by atoms with Gasteiger partial charge in [0.05, 0.1) is 0 Å². The molecule has 0 saturated heterocycles. The van der Waals surface area contributed by atoms with Crippen molar-refractivity contribution >= 4 is 31.6 Å². The monoisotopic (exact) mass is 336 g/mol. The van der Waals surface area contributed by atoms with Crippen LogP contribution in [-0.2, 0) is 0 Å². The molecular weight excluding hydrogens is 322 g/mol. The van der Waals surface area contributed by atoms with Crippen molar-refractivity contribution in [2.45, 2.75) is 19.4 Å². The number of pyridine rings is 1. The molecule has 0 spiro atoms. The van der Waals surface area contributed by atoms with E-state index >= 15 is 0 Å². The van der Waals surface area contributed by atoms with Gasteiger partial charge in [0, 0.05) is 0 Å². The fourth-order valence-electron chi connectivity index (χ4n) is 2.09. The van der Waals surface area contributed by atoms with Gasteiger partial charge in [-0.3, -0.25) is 0 Å². The van der Waals surface area contributed by atoms with Crippen LogP contribution in [0.2, 0.25) is 0 Å². The van der Waals surface area contributed by atoms with E-state index in [4.69, 9.17) is 0 Å². The summed E-state index contributed by atoms with van der Waals surface area (Å²) in [6, 6.07) is 9.11. The summed E-state index contributed by atoms with van der Waals surface area (Å²) in [7, 11) is 0. The number of fused-ring (bicyclic) bond motifs is 1. The summed E-state index contributed by atoms with van der Waals surface area (Å²) in [5, 5.41) is 3.44. The molecule has 2 heterocycles. The molecule has 0 aliphatic carbocycles. The first-order valence-corrected chi connectivity index (χ1v) is 7.90. The van der Waals surface area contributed by atoms with Gasteiger partial charge in [0.2, 0.25) is 0 Å². The van der Waals surface area contributed by atoms with Crippen molar-refractivity contribution in [3.63, 3.8) is 0 Å². The third kappa shape index (κ3) is 2.57. The fraction of sp³-hybridized carbons (Fsp3) is 0.214. The minimum absolute atomic E-state index is 0.0328. The van der Waals surface area contributed by atoms with E-state index in [2.05, 4.69) is 25.1 Å². The summed E-state index contributed by atoms with van der Waals surface area (Å²) in [5.74, 6) is -0.319. The number of rotatable bonds is 4. The summed E-state index contributed by atoms with van der Waals surface area (Å²) >= 11 is -0.0457. The Hall–Kier alpha value is -1.78. The Balaban J connectivity index is 1.88. The second-order valence-electron chi connectivity index (χ2n) is 4.44. The molecule has 0 bridgehead atoms. The number of benzene rings is 1. The molecule has 0 saturated carbocycles. The van der Waals surface area contributed by atoms with E-state index in [9.17, 15) is 4.39 Å². The number of anilines is 1. The van der Waals surface area contributed by atoms with E-state index in [1.54, 1.807) is 6.07 Å². The zero-order valence-electron chi connectivity index (χ0n) is 10.9. The minimum atomic E-state index is -0.319. The maximum absolute atomic E-state index is 13.0. The number of hydrogen-bond acceptors (Lipinski definition) is 4. The Morgan fingerprint density at radius 3 is 2.90 bits per heavy atom. The zero-order chi connectivity index (χ0) is 13.9. The molecule has 1 N–H and O–H groups in total. The van der Waals surface area contributed by atoms with Crippen LogP contribution in [0.5, 0.6) is 0 Å². The van der Waals surface area contributed by atoms with Gasteiger partial charge in [-0.25, -0.2) is 0 Å². The maximum atomic E-state index is 13.0. The third-order valence-electron chi connectivity index (χ3n) is 3.13. The third-order valence-corrected chi connectivity index (χ3v) is 4.27. The standard InChI is InChI=1S/C14H13FN4Se/c1-2-10(11-7-6-9(15)8-16-11)17-12-4-3-5-13-14(12)19-20-18-13/h3-8,10,17H,2H2,1H3. The van der Waals surface area contributed by atoms with Crippen molar-refractivity contribution in [3.05, 3.63) is 48.0 Å². The van der Waals surface area contributed by atoms with Gasteiger partial charge in [0.15, 0.2) is 0 Å². The first-order valence-electron chi connectivity index (χ1n) is 6.37. The van der Waals surface area contributed by atoms with Gasteiger partial charge in [0.1, 0.15) is 0 Å². The molecule has 2 aromatic rings. The van der Waals surface area contributed by atoms with E-state index in [1.165, 1.54) is 12.3 Å². The number of hydrogen-bond donors (Lipinski definition) is 1. The van der Waals surface area contributed by atoms with Gasteiger partial charge in [-0.2, -0.15) is 0 Å². The van der Waals surface area contributed by atoms with Crippen molar-refractivity contribution in [3.8, 4) is 0 Å². The molecule has 20 heavy (non-hydrogen) atoms. The summed E-state index contributed by atoms with van der Waals surface area (Å²) in [6.45, 7) is 2.07. The zero-order valence-corrected chi connectivity index (χ0v) is 12.6. The van der Waals surface area contributed by atoms with Gasteiger partial charge in [-0.05, 0) is 0 Å². The summed E-state index contributed by atoms with van der Waals surface area (Å²) < 4.78 is 21.8. The Labute approximate surface area is 122 Å². The Kier molecular flexibility index (Phi) is 3.76. The number of halogens is 1. The molecule has 1 unspecified atom stereocenters. The molecule has 1 aliphatic rings. The molecule has 1 aromatic heterocycles. The van der Waals surface area contributed by atoms with Gasteiger partial charge in [0.25, 0.3) is 0 Å². The molecule has 3 rings (SSSR count). The van der Waals surface area contributed by atoms with Crippen molar-refractivity contribution in [2.24, 2.45) is 7.92 Å². The Bertz CT molecular complexity index is 693. The average molecular weight is 335 g/mol. The topological polar surface area (TPSA) is 49.6 Å². The van der Waals surface area contributed by atoms with E-state index in [0.717, 1.165) is 29.2 Å². The first-order chi connectivity index (χ1) is 9.78. The van der Waals surface area contributed by atoms with Crippen LogP contribution in [0.1, 0.15) is 25.1 Å². The SMILES string of the molecule is CCC(Nc1cccc2c1N=[Se]=N2)c1ccc(F)cn1. The molecule has 6 heteroatoms. The molecule has 1 aliphatic heterocycles. The Morgan fingerprint density at radius 1 is 1.25 bits per heavy atom. The molecule has 1 atom stereocenters. The molecule has 4 nitrogen and oxygen atoms in total. The van der Waals surface area contributed by atoms with E-state index in [0.29, 0.717) is 0 Å². The van der Waals surface area contributed by atoms with E-state index in [-0.39, 0.29) is 26.4 Å². The Morgan fingerprint density at radius 2 is 2.15 bits per heavy atom. The summed E-state index contributed by atoms with van der Waals surface area (Å²) in [4.78, 5) is 4.15. The fourth-order valence-corrected chi connectivity index (χ4v) is 3.24. The average Bonchev–Trinajstić information content (AvgIpc) is 2.95. The van der Waals surface area contributed by atoms with Gasteiger partial charge >= 0.3 is 122 Å². The van der Waals surface area contributed by atoms with Crippen LogP contribution in [0.15, 0.2) is 44.5 Å². The van der Waals surface area contributed by atoms with Crippen LogP contribution in [0.3, 0.4) is 0 Å². The molecule has 0 amide bonds. The summed E-state index contributed by atoms with van der Waals surface area (Å²) in [5.41, 5.74) is 3.65. The number of aromatic nitrogens is 1. The number of nitrogens with zero attached hydrogens (tertiary/aromatic N) is 3. The van der Waals surface area contributed by atoms with Crippen molar-refractivity contribution in [2.75, 3.05) is 5.32 Å². The summed E-state index contributed by atoms with van der Waals surface area (Å²) in [6.07, 6.45) is 2.10. The van der Waals surface area contributed by atoms with Crippen molar-refractivity contribution in [1.29, 1.82) is 0 Å². The van der Waals surface area contributed by atoms with Crippen LogP contribution in [0, 0.1) is 5.82 Å². The van der Waals surface area contributed by atoms with Crippen LogP contribution in [-0.4, -0.2) is 19.6 Å². The first kappa shape index (κ1) is 13.2. The van der Waals surface area contributed by atoms with Gasteiger partial charge in [-0.15, -0.1) is 0 Å². The van der Waals surface area contributed by atoms with Crippen LogP contribution < -0.4 is 5.32 Å². The van der Waals surface area contributed by atoms with Crippen LogP contribution in [0.4, 0.5) is 21.5 Å². The molecule has 1 aromatic carbocycles. The second kappa shape index (κ2) is 5.69. The second-order valence-corrected chi connectivity index (χ2v) is 5.55. The molecular formula is C14H13FN4Se. The van der Waals surface area contributed by atoms with Gasteiger partial charge in [-0.1, -0.05) is 0 Å². The quantitative estimate of drug-likeness (QED) is 0.729. The predicted molar refractivity (Wildman–Crippen MR) is 77.2 cm³/mol. The van der Waals surface area contributed by atoms with Crippen LogP contribution in [0.25, 0.3) is 0 Å². The van der Waals surface area contributed by atoms with Gasteiger partial charge < -0.3 is 0 Å². The number of nitrogens with one attached hydrogen (secondary N) is 1. The van der Waals surface area contributed by atoms with Crippen LogP contribution >= 0.6 is 0 Å². The van der Waals surface area contributed by atoms with Crippen molar-refractivity contribution in [1.82, 2.24) is 4.98 Å². The van der Waals surface area contributed by atoms with E-state index in [1.807, 2.05) is 18.2 Å². The predicted octanol–water partition coefficient (Wildman–Crippen LogP) is 4.13. The van der Waals surface area contributed by atoms with E-state index < -0.39 is 0 Å². The molecule has 102 valence electrons. The molecule has 0 radical (unpaired) electrons.